The van der Waals surface area contributed by atoms with Crippen molar-refractivity contribution < 1.29 is 9.18 Å². The van der Waals surface area contributed by atoms with Crippen LogP contribution in [-0.4, -0.2) is 22.2 Å². The van der Waals surface area contributed by atoms with Crippen molar-refractivity contribution in [1.29, 1.82) is 0 Å². The molecule has 1 aromatic rings. The molecule has 2 rings (SSSR count). The van der Waals surface area contributed by atoms with E-state index in [9.17, 15) is 9.18 Å². The van der Waals surface area contributed by atoms with Crippen LogP contribution in [0.3, 0.4) is 0 Å². The average Bonchev–Trinajstić information content (AvgIpc) is 2.35. The predicted octanol–water partition coefficient (Wildman–Crippen LogP) is 3.58. The van der Waals surface area contributed by atoms with Crippen LogP contribution in [0.15, 0.2) is 18.2 Å². The van der Waals surface area contributed by atoms with Gasteiger partial charge in [-0.05, 0) is 43.9 Å². The van der Waals surface area contributed by atoms with Gasteiger partial charge in [-0.1, -0.05) is 28.1 Å². The van der Waals surface area contributed by atoms with Crippen molar-refractivity contribution in [3.63, 3.8) is 0 Å². The highest BCUT2D eigenvalue weighted by molar-refractivity contribution is 9.10. The first-order valence-electron chi connectivity index (χ1n) is 6.21. The normalized spacial score (nSPS) is 22.1. The van der Waals surface area contributed by atoms with E-state index in [2.05, 4.69) is 15.9 Å². The van der Waals surface area contributed by atoms with Crippen molar-refractivity contribution in [3.05, 3.63) is 35.1 Å². The lowest BCUT2D eigenvalue weighted by Crippen LogP contribution is -2.43. The van der Waals surface area contributed by atoms with Crippen LogP contribution in [0.25, 0.3) is 0 Å². The molecule has 0 aromatic heterocycles. The molecule has 1 aromatic carbocycles. The Hall–Kier alpha value is -0.900. The van der Waals surface area contributed by atoms with Crippen molar-refractivity contribution in [2.24, 2.45) is 0 Å². The lowest BCUT2D eigenvalue weighted by atomic mass is 10.0. The Labute approximate surface area is 115 Å². The Balaban J connectivity index is 2.22. The third-order valence-corrected chi connectivity index (χ3v) is 4.40. The summed E-state index contributed by atoms with van der Waals surface area (Å²) in [6, 6.07) is 5.12. The second-order valence-electron chi connectivity index (χ2n) is 4.83. The van der Waals surface area contributed by atoms with Crippen LogP contribution in [0.2, 0.25) is 0 Å². The van der Waals surface area contributed by atoms with Gasteiger partial charge in [0.1, 0.15) is 5.82 Å². The third kappa shape index (κ3) is 2.58. The van der Waals surface area contributed by atoms with Crippen molar-refractivity contribution >= 4 is 21.8 Å². The lowest BCUT2D eigenvalue weighted by molar-refractivity contribution is -0.134. The van der Waals surface area contributed by atoms with Crippen LogP contribution in [-0.2, 0) is 4.79 Å². The van der Waals surface area contributed by atoms with Gasteiger partial charge in [-0.25, -0.2) is 4.39 Å². The Bertz CT molecular complexity index is 463. The molecule has 0 spiro atoms. The monoisotopic (exact) mass is 313 g/mol. The highest BCUT2D eigenvalue weighted by Crippen LogP contribution is 2.28. The van der Waals surface area contributed by atoms with Gasteiger partial charge in [0.05, 0.1) is 10.9 Å². The van der Waals surface area contributed by atoms with E-state index >= 15 is 0 Å². The molecular weight excluding hydrogens is 297 g/mol. The van der Waals surface area contributed by atoms with Gasteiger partial charge in [-0.15, -0.1) is 0 Å². The van der Waals surface area contributed by atoms with Gasteiger partial charge in [0.2, 0.25) is 5.91 Å². The van der Waals surface area contributed by atoms with Crippen LogP contribution in [0, 0.1) is 12.7 Å². The molecule has 0 aliphatic carbocycles. The summed E-state index contributed by atoms with van der Waals surface area (Å²) in [6.45, 7) is 4.44. The maximum absolute atomic E-state index is 13.6. The SMILES string of the molecule is Cc1ccc(C(C)N2CCCC(Br)C2=O)cc1F. The Morgan fingerprint density at radius 1 is 1.50 bits per heavy atom. The number of amides is 1. The van der Waals surface area contributed by atoms with Crippen LogP contribution >= 0.6 is 15.9 Å². The summed E-state index contributed by atoms with van der Waals surface area (Å²) in [7, 11) is 0. The van der Waals surface area contributed by atoms with Crippen molar-refractivity contribution in [1.82, 2.24) is 4.90 Å². The molecule has 0 radical (unpaired) electrons. The number of benzene rings is 1. The molecule has 1 aliphatic rings. The summed E-state index contributed by atoms with van der Waals surface area (Å²) in [5, 5.41) is 0. The molecule has 0 saturated carbocycles. The van der Waals surface area contributed by atoms with Crippen molar-refractivity contribution in [3.8, 4) is 0 Å². The van der Waals surface area contributed by atoms with Crippen molar-refractivity contribution in [2.75, 3.05) is 6.54 Å². The summed E-state index contributed by atoms with van der Waals surface area (Å²) in [5.41, 5.74) is 1.49. The molecule has 2 nitrogen and oxygen atoms in total. The van der Waals surface area contributed by atoms with Gasteiger partial charge in [0.15, 0.2) is 0 Å². The number of likely N-dealkylation sites (tertiary alicyclic amines) is 1. The number of nitrogens with zero attached hydrogens (tertiary/aromatic N) is 1. The van der Waals surface area contributed by atoms with Crippen LogP contribution in [0.4, 0.5) is 4.39 Å². The molecular formula is C14H17BrFNO. The molecule has 2 atom stereocenters. The van der Waals surface area contributed by atoms with E-state index in [0.29, 0.717) is 5.56 Å². The number of carbonyl (C=O) groups is 1. The Morgan fingerprint density at radius 3 is 2.89 bits per heavy atom. The van der Waals surface area contributed by atoms with Gasteiger partial charge in [0.25, 0.3) is 0 Å². The standard InChI is InChI=1S/C14H17BrFNO/c1-9-5-6-11(8-13(9)16)10(2)17-7-3-4-12(15)14(17)18/h5-6,8,10,12H,3-4,7H2,1-2H3. The fourth-order valence-corrected chi connectivity index (χ4v) is 2.87. The number of carbonyl (C=O) groups excluding carboxylic acids is 1. The largest absolute Gasteiger partial charge is 0.335 e. The minimum absolute atomic E-state index is 0.0760. The van der Waals surface area contributed by atoms with Gasteiger partial charge in [-0.2, -0.15) is 0 Å². The Morgan fingerprint density at radius 2 is 2.22 bits per heavy atom. The summed E-state index contributed by atoms with van der Waals surface area (Å²) >= 11 is 3.40. The number of rotatable bonds is 2. The van der Waals surface area contributed by atoms with E-state index in [4.69, 9.17) is 0 Å². The first kappa shape index (κ1) is 13.5. The zero-order valence-corrected chi connectivity index (χ0v) is 12.2. The Kier molecular flexibility index (Phi) is 4.05. The van der Waals surface area contributed by atoms with Gasteiger partial charge >= 0.3 is 0 Å². The number of alkyl halides is 1. The van der Waals surface area contributed by atoms with Crippen LogP contribution < -0.4 is 0 Å². The molecule has 1 saturated heterocycles. The minimum Gasteiger partial charge on any atom is -0.335 e. The molecule has 98 valence electrons. The zero-order valence-electron chi connectivity index (χ0n) is 10.6. The maximum atomic E-state index is 13.6. The van der Waals surface area contributed by atoms with Crippen LogP contribution in [0.5, 0.6) is 0 Å². The van der Waals surface area contributed by atoms with Gasteiger partial charge in [-0.3, -0.25) is 4.79 Å². The summed E-state index contributed by atoms with van der Waals surface area (Å²) in [4.78, 5) is 13.8. The van der Waals surface area contributed by atoms with E-state index in [0.717, 1.165) is 24.9 Å². The summed E-state index contributed by atoms with van der Waals surface area (Å²) in [6.07, 6.45) is 1.87. The average molecular weight is 314 g/mol. The number of aryl methyl sites for hydroxylation is 1. The number of halogens is 2. The molecule has 0 N–H and O–H groups in total. The highest BCUT2D eigenvalue weighted by Gasteiger charge is 2.30. The van der Waals surface area contributed by atoms with Gasteiger partial charge in [0, 0.05) is 6.54 Å². The fourth-order valence-electron chi connectivity index (χ4n) is 2.29. The van der Waals surface area contributed by atoms with E-state index in [1.54, 1.807) is 13.0 Å². The topological polar surface area (TPSA) is 20.3 Å². The lowest BCUT2D eigenvalue weighted by Gasteiger charge is -2.35. The first-order chi connectivity index (χ1) is 8.50. The van der Waals surface area contributed by atoms with E-state index in [1.165, 1.54) is 6.07 Å². The second kappa shape index (κ2) is 5.39. The molecule has 0 bridgehead atoms. The van der Waals surface area contributed by atoms with Gasteiger partial charge < -0.3 is 4.90 Å². The quantitative estimate of drug-likeness (QED) is 0.764. The highest BCUT2D eigenvalue weighted by atomic mass is 79.9. The third-order valence-electron chi connectivity index (χ3n) is 3.55. The molecule has 1 amide bonds. The summed E-state index contributed by atoms with van der Waals surface area (Å²) < 4.78 is 13.6. The summed E-state index contributed by atoms with van der Waals surface area (Å²) in [5.74, 6) is -0.103. The molecule has 2 unspecified atom stereocenters. The molecule has 4 heteroatoms. The second-order valence-corrected chi connectivity index (χ2v) is 5.93. The molecule has 1 aliphatic heterocycles. The number of hydrogen-bond donors (Lipinski definition) is 0. The first-order valence-corrected chi connectivity index (χ1v) is 7.13. The van der Waals surface area contributed by atoms with Crippen LogP contribution in [0.1, 0.15) is 36.9 Å². The number of hydrogen-bond acceptors (Lipinski definition) is 1. The van der Waals surface area contributed by atoms with E-state index in [-0.39, 0.29) is 22.6 Å². The fraction of sp³-hybridized carbons (Fsp3) is 0.500. The van der Waals surface area contributed by atoms with E-state index in [1.807, 2.05) is 17.9 Å². The number of piperidine rings is 1. The molecule has 18 heavy (non-hydrogen) atoms. The smallest absolute Gasteiger partial charge is 0.236 e. The van der Waals surface area contributed by atoms with E-state index < -0.39 is 0 Å². The van der Waals surface area contributed by atoms with Crippen molar-refractivity contribution in [2.45, 2.75) is 37.6 Å². The molecule has 1 heterocycles. The maximum Gasteiger partial charge on any atom is 0.236 e. The molecule has 1 fully saturated rings. The minimum atomic E-state index is -0.209. The predicted molar refractivity (Wildman–Crippen MR) is 73.2 cm³/mol. The zero-order chi connectivity index (χ0) is 13.3.